The first kappa shape index (κ1) is 4.98. The molecular formula is C5H4O3. The van der Waals surface area contributed by atoms with E-state index >= 15 is 0 Å². The molecule has 0 radical (unpaired) electrons. The maximum Gasteiger partial charge on any atom is 0.523 e. The second-order valence-corrected chi connectivity index (χ2v) is 1.36. The Kier molecular flexibility index (Phi) is 1.09. The number of cyclic esters (lactones) is 2. The van der Waals surface area contributed by atoms with Crippen molar-refractivity contribution in [2.45, 2.75) is 13.0 Å². The van der Waals surface area contributed by atoms with Crippen LogP contribution in [0.5, 0.6) is 0 Å². The Hall–Kier alpha value is -1.17. The molecule has 0 fully saturated rings. The second-order valence-electron chi connectivity index (χ2n) is 1.36. The van der Waals surface area contributed by atoms with Gasteiger partial charge in [-0.2, -0.15) is 0 Å². The molecule has 1 unspecified atom stereocenters. The maximum absolute atomic E-state index is 10.1. The molecule has 3 nitrogen and oxygen atoms in total. The molecule has 1 heterocycles. The van der Waals surface area contributed by atoms with Crippen molar-refractivity contribution in [2.24, 2.45) is 0 Å². The van der Waals surface area contributed by atoms with Crippen molar-refractivity contribution < 1.29 is 14.3 Å². The van der Waals surface area contributed by atoms with Crippen LogP contribution in [0.25, 0.3) is 0 Å². The summed E-state index contributed by atoms with van der Waals surface area (Å²) < 4.78 is 8.58. The van der Waals surface area contributed by atoms with Crippen molar-refractivity contribution in [1.82, 2.24) is 0 Å². The van der Waals surface area contributed by atoms with E-state index in [2.05, 4.69) is 21.5 Å². The Labute approximate surface area is 46.6 Å². The lowest BCUT2D eigenvalue weighted by Crippen LogP contribution is -2.16. The highest BCUT2D eigenvalue weighted by atomic mass is 16.7. The summed E-state index contributed by atoms with van der Waals surface area (Å²) in [5, 5.41) is 0. The van der Waals surface area contributed by atoms with E-state index < -0.39 is 6.16 Å². The Morgan fingerprint density at radius 3 is 2.88 bits per heavy atom. The van der Waals surface area contributed by atoms with E-state index in [4.69, 9.17) is 0 Å². The average molecular weight is 112 g/mol. The van der Waals surface area contributed by atoms with Gasteiger partial charge < -0.3 is 9.47 Å². The first-order valence-corrected chi connectivity index (χ1v) is 2.17. The minimum atomic E-state index is -0.712. The minimum Gasteiger partial charge on any atom is -0.417 e. The predicted octanol–water partition coefficient (Wildman–Crippen LogP) is 0.503. The summed E-state index contributed by atoms with van der Waals surface area (Å²) >= 11 is 0. The first-order chi connectivity index (χ1) is 3.79. The lowest BCUT2D eigenvalue weighted by molar-refractivity contribution is 0.0685. The Morgan fingerprint density at radius 1 is 1.75 bits per heavy atom. The van der Waals surface area contributed by atoms with E-state index in [9.17, 15) is 4.79 Å². The fourth-order valence-corrected chi connectivity index (χ4v) is 0.352. The van der Waals surface area contributed by atoms with Crippen LogP contribution in [-0.2, 0) is 9.47 Å². The van der Waals surface area contributed by atoms with E-state index in [0.29, 0.717) is 0 Å². The minimum absolute atomic E-state index is 0.323. The molecule has 1 atom stereocenters. The van der Waals surface area contributed by atoms with Crippen LogP contribution in [0.4, 0.5) is 4.79 Å². The van der Waals surface area contributed by atoms with Crippen LogP contribution in [0.2, 0.25) is 0 Å². The van der Waals surface area contributed by atoms with E-state index in [1.807, 2.05) is 0 Å². The normalized spacial score (nSPS) is 24.6. The predicted molar refractivity (Wildman–Crippen MR) is 24.8 cm³/mol. The lowest BCUT2D eigenvalue weighted by atomic mass is 10.4. The summed E-state index contributed by atoms with van der Waals surface area (Å²) in [5.74, 6) is 2.50. The molecule has 0 amide bonds. The van der Waals surface area contributed by atoms with E-state index in [0.717, 1.165) is 0 Å². The molecule has 0 aromatic carbocycles. The van der Waals surface area contributed by atoms with Crippen molar-refractivity contribution in [2.75, 3.05) is 0 Å². The van der Waals surface area contributed by atoms with Crippen molar-refractivity contribution >= 4 is 6.16 Å². The summed E-state index contributed by atoms with van der Waals surface area (Å²) in [6, 6.07) is 0. The second kappa shape index (κ2) is 1.74. The van der Waals surface area contributed by atoms with Gasteiger partial charge in [0.15, 0.2) is 6.10 Å². The summed E-state index contributed by atoms with van der Waals surface area (Å²) in [7, 11) is 0. The third-order valence-corrected chi connectivity index (χ3v) is 0.670. The summed E-state index contributed by atoms with van der Waals surface area (Å²) in [6.45, 7) is 1.67. The third-order valence-electron chi connectivity index (χ3n) is 0.670. The Bertz CT molecular complexity index is 162. The SMILES string of the molecule is CC1C#COC(=O)O1. The van der Waals surface area contributed by atoms with Gasteiger partial charge in [-0.1, -0.05) is 0 Å². The number of ether oxygens (including phenoxy) is 2. The molecule has 1 aliphatic rings. The number of hydrogen-bond donors (Lipinski definition) is 0. The van der Waals surface area contributed by atoms with Crippen LogP contribution in [0.3, 0.4) is 0 Å². The zero-order valence-corrected chi connectivity index (χ0v) is 4.30. The standard InChI is InChI=1S/C5H4O3/c1-4-2-3-7-5(6)8-4/h4H,1H3. The molecule has 0 aliphatic carbocycles. The van der Waals surface area contributed by atoms with Gasteiger partial charge in [0.25, 0.3) is 0 Å². The number of rotatable bonds is 0. The van der Waals surface area contributed by atoms with Crippen molar-refractivity contribution in [3.63, 3.8) is 0 Å². The van der Waals surface area contributed by atoms with E-state index in [1.54, 1.807) is 6.92 Å². The van der Waals surface area contributed by atoms with Crippen LogP contribution >= 0.6 is 0 Å². The largest absolute Gasteiger partial charge is 0.523 e. The molecular weight excluding hydrogens is 108 g/mol. The van der Waals surface area contributed by atoms with Crippen LogP contribution in [-0.4, -0.2) is 12.3 Å². The maximum atomic E-state index is 10.1. The van der Waals surface area contributed by atoms with E-state index in [1.165, 1.54) is 0 Å². The van der Waals surface area contributed by atoms with Crippen LogP contribution in [0, 0.1) is 12.0 Å². The van der Waals surface area contributed by atoms with Crippen LogP contribution in [0.15, 0.2) is 0 Å². The summed E-state index contributed by atoms with van der Waals surface area (Å²) in [5.41, 5.74) is 0. The van der Waals surface area contributed by atoms with Gasteiger partial charge in [0.1, 0.15) is 6.11 Å². The molecule has 0 aromatic rings. The van der Waals surface area contributed by atoms with Gasteiger partial charge >= 0.3 is 6.16 Å². The zero-order chi connectivity index (χ0) is 5.98. The monoisotopic (exact) mass is 112 g/mol. The fraction of sp³-hybridized carbons (Fsp3) is 0.400. The first-order valence-electron chi connectivity index (χ1n) is 2.17. The van der Waals surface area contributed by atoms with Crippen molar-refractivity contribution in [3.8, 4) is 12.0 Å². The molecule has 42 valence electrons. The van der Waals surface area contributed by atoms with E-state index in [-0.39, 0.29) is 6.10 Å². The van der Waals surface area contributed by atoms with Gasteiger partial charge in [-0.15, -0.1) is 0 Å². The van der Waals surface area contributed by atoms with Gasteiger partial charge in [0.2, 0.25) is 0 Å². The molecule has 0 aromatic heterocycles. The highest BCUT2D eigenvalue weighted by Gasteiger charge is 2.10. The molecule has 3 heteroatoms. The summed E-state index contributed by atoms with van der Waals surface area (Å²) in [4.78, 5) is 10.1. The average Bonchev–Trinajstić information content (AvgIpc) is 1.64. The zero-order valence-electron chi connectivity index (χ0n) is 4.30. The molecule has 0 saturated heterocycles. The van der Waals surface area contributed by atoms with Crippen molar-refractivity contribution in [1.29, 1.82) is 0 Å². The molecule has 8 heavy (non-hydrogen) atoms. The summed E-state index contributed by atoms with van der Waals surface area (Å²) in [6.07, 6.45) is 1.12. The smallest absolute Gasteiger partial charge is 0.417 e. The van der Waals surface area contributed by atoms with Gasteiger partial charge in [-0.05, 0) is 12.8 Å². The van der Waals surface area contributed by atoms with Gasteiger partial charge in [0.05, 0.1) is 0 Å². The molecule has 1 rings (SSSR count). The molecule has 0 N–H and O–H groups in total. The quantitative estimate of drug-likeness (QED) is 0.338. The Balaban J connectivity index is 2.62. The third kappa shape index (κ3) is 0.909. The molecule has 0 spiro atoms. The van der Waals surface area contributed by atoms with Crippen LogP contribution < -0.4 is 0 Å². The van der Waals surface area contributed by atoms with Gasteiger partial charge in [-0.25, -0.2) is 4.79 Å². The molecule has 0 bridgehead atoms. The number of hydrogen-bond acceptors (Lipinski definition) is 3. The van der Waals surface area contributed by atoms with Crippen LogP contribution in [0.1, 0.15) is 6.92 Å². The van der Waals surface area contributed by atoms with Gasteiger partial charge in [-0.3, -0.25) is 0 Å². The molecule has 0 saturated carbocycles. The highest BCUT2D eigenvalue weighted by Crippen LogP contribution is 1.96. The Morgan fingerprint density at radius 2 is 2.50 bits per heavy atom. The number of carbonyl (C=O) groups excluding carboxylic acids is 1. The van der Waals surface area contributed by atoms with Gasteiger partial charge in [0, 0.05) is 0 Å². The highest BCUT2D eigenvalue weighted by molar-refractivity contribution is 5.63. The van der Waals surface area contributed by atoms with Crippen molar-refractivity contribution in [3.05, 3.63) is 0 Å². The lowest BCUT2D eigenvalue weighted by Gasteiger charge is -2.06. The number of carbonyl (C=O) groups is 1. The molecule has 1 aliphatic heterocycles. The fourth-order valence-electron chi connectivity index (χ4n) is 0.352. The topological polar surface area (TPSA) is 35.5 Å².